The van der Waals surface area contributed by atoms with Gasteiger partial charge < -0.3 is 20.4 Å². The van der Waals surface area contributed by atoms with Crippen molar-refractivity contribution in [2.24, 2.45) is 0 Å². The number of hydrogen-bond acceptors (Lipinski definition) is 8. The molecule has 0 atom stereocenters. The van der Waals surface area contributed by atoms with Gasteiger partial charge in [-0.1, -0.05) is 48.5 Å². The third-order valence-corrected chi connectivity index (χ3v) is 9.62. The van der Waals surface area contributed by atoms with Crippen LogP contribution in [0.15, 0.2) is 147 Å². The van der Waals surface area contributed by atoms with Crippen LogP contribution in [0, 0.1) is 0 Å². The first-order chi connectivity index (χ1) is 28.0. The Bertz CT molecular complexity index is 2410. The van der Waals surface area contributed by atoms with Gasteiger partial charge in [0, 0.05) is 47.0 Å². The molecule has 16 heteroatoms. The summed E-state index contributed by atoms with van der Waals surface area (Å²) >= 11 is 0. The lowest BCUT2D eigenvalue weighted by molar-refractivity contribution is 0.0686. The van der Waals surface area contributed by atoms with E-state index in [1.165, 1.54) is 48.5 Å². The molecular formula is C42H30N8O8. The highest BCUT2D eigenvalue weighted by Gasteiger charge is 2.32. The van der Waals surface area contributed by atoms with Crippen LogP contribution in [0.2, 0.25) is 0 Å². The van der Waals surface area contributed by atoms with E-state index >= 15 is 0 Å². The molecule has 8 rings (SSSR count). The number of nitrogens with zero attached hydrogens (tertiary/aromatic N) is 8. The standard InChI is InChI=1S/C42H30N8O8/c51-39(52)29-9-1-25(2-10-29)33-17-43-47(21-33)37(48-22-34(18-44-48)26-3-11-30(12-4-26)40(53)54)38(49-23-35(19-45-49)27-5-13-31(14-6-27)41(55)56)50-24-36(20-46-50)28-7-15-32(16-8-28)42(57)58/h1-24,37-38H,(H,51,52)(H,53,54)(H,55,56)(H,57,58). The highest BCUT2D eigenvalue weighted by Crippen LogP contribution is 2.33. The molecule has 0 bridgehead atoms. The smallest absolute Gasteiger partial charge is 0.335 e. The molecule has 0 saturated heterocycles. The quantitative estimate of drug-likeness (QED) is 0.0958. The summed E-state index contributed by atoms with van der Waals surface area (Å²) in [4.78, 5) is 46.2. The maximum Gasteiger partial charge on any atom is 0.335 e. The Morgan fingerprint density at radius 3 is 0.690 bits per heavy atom. The molecule has 0 aliphatic heterocycles. The third-order valence-electron chi connectivity index (χ3n) is 9.62. The van der Waals surface area contributed by atoms with Crippen molar-refractivity contribution in [2.45, 2.75) is 12.3 Å². The number of aromatic carboxylic acids is 4. The summed E-state index contributed by atoms with van der Waals surface area (Å²) in [6, 6.07) is 25.6. The molecule has 16 nitrogen and oxygen atoms in total. The van der Waals surface area contributed by atoms with E-state index in [4.69, 9.17) is 20.4 Å². The molecular weight excluding hydrogens is 745 g/mol. The van der Waals surface area contributed by atoms with Crippen molar-refractivity contribution in [1.29, 1.82) is 0 Å². The van der Waals surface area contributed by atoms with Crippen molar-refractivity contribution in [3.05, 3.63) is 169 Å². The van der Waals surface area contributed by atoms with Gasteiger partial charge in [-0.25, -0.2) is 37.9 Å². The van der Waals surface area contributed by atoms with Crippen molar-refractivity contribution in [2.75, 3.05) is 0 Å². The third kappa shape index (κ3) is 7.23. The summed E-state index contributed by atoms with van der Waals surface area (Å²) in [5.74, 6) is -4.20. The molecule has 0 aliphatic carbocycles. The van der Waals surface area contributed by atoms with E-state index in [0.717, 1.165) is 0 Å². The maximum atomic E-state index is 11.5. The minimum absolute atomic E-state index is 0.133. The van der Waals surface area contributed by atoms with E-state index in [1.807, 2.05) is 0 Å². The van der Waals surface area contributed by atoms with E-state index < -0.39 is 36.2 Å². The van der Waals surface area contributed by atoms with Crippen LogP contribution in [0.5, 0.6) is 0 Å². The zero-order valence-electron chi connectivity index (χ0n) is 30.0. The lowest BCUT2D eigenvalue weighted by Gasteiger charge is -2.28. The van der Waals surface area contributed by atoms with E-state index in [2.05, 4.69) is 0 Å². The van der Waals surface area contributed by atoms with Crippen LogP contribution in [-0.2, 0) is 0 Å². The van der Waals surface area contributed by atoms with E-state index in [1.54, 1.807) is 117 Å². The molecule has 4 heterocycles. The summed E-state index contributed by atoms with van der Waals surface area (Å²) in [5, 5.41) is 56.9. The topological polar surface area (TPSA) is 220 Å². The predicted octanol–water partition coefficient (Wildman–Crippen LogP) is 6.73. The fourth-order valence-corrected chi connectivity index (χ4v) is 6.54. The summed E-state index contributed by atoms with van der Waals surface area (Å²) in [6.45, 7) is 0. The molecule has 0 spiro atoms. The lowest BCUT2D eigenvalue weighted by atomic mass is 10.1. The lowest BCUT2D eigenvalue weighted by Crippen LogP contribution is -2.35. The van der Waals surface area contributed by atoms with Crippen molar-refractivity contribution in [1.82, 2.24) is 39.1 Å². The van der Waals surface area contributed by atoms with Gasteiger partial charge in [-0.3, -0.25) is 0 Å². The Balaban J connectivity index is 1.28. The Labute approximate surface area is 327 Å². The van der Waals surface area contributed by atoms with E-state index in [0.29, 0.717) is 44.5 Å². The van der Waals surface area contributed by atoms with Gasteiger partial charge in [0.25, 0.3) is 0 Å². The number of carboxylic acid groups (broad SMARTS) is 4. The monoisotopic (exact) mass is 774 g/mol. The second-order valence-corrected chi connectivity index (χ2v) is 13.2. The van der Waals surface area contributed by atoms with Crippen LogP contribution < -0.4 is 0 Å². The Hall–Kier alpha value is -8.40. The molecule has 4 aromatic heterocycles. The van der Waals surface area contributed by atoms with Crippen molar-refractivity contribution in [3.8, 4) is 44.5 Å². The molecule has 0 radical (unpaired) electrons. The van der Waals surface area contributed by atoms with Gasteiger partial charge in [-0.15, -0.1) is 0 Å². The zero-order valence-corrected chi connectivity index (χ0v) is 30.0. The first-order valence-electron chi connectivity index (χ1n) is 17.5. The van der Waals surface area contributed by atoms with Crippen LogP contribution in [0.25, 0.3) is 44.5 Å². The van der Waals surface area contributed by atoms with Crippen LogP contribution in [0.3, 0.4) is 0 Å². The van der Waals surface area contributed by atoms with E-state index in [-0.39, 0.29) is 22.3 Å². The molecule has 58 heavy (non-hydrogen) atoms. The first kappa shape index (κ1) is 36.6. The molecule has 0 unspecified atom stereocenters. The molecule has 286 valence electrons. The predicted molar refractivity (Wildman–Crippen MR) is 207 cm³/mol. The van der Waals surface area contributed by atoms with Crippen molar-refractivity contribution >= 4 is 23.9 Å². The van der Waals surface area contributed by atoms with Crippen LogP contribution in [0.4, 0.5) is 0 Å². The fourth-order valence-electron chi connectivity index (χ4n) is 6.54. The van der Waals surface area contributed by atoms with E-state index in [9.17, 15) is 39.6 Å². The summed E-state index contributed by atoms with van der Waals surface area (Å²) < 4.78 is 6.73. The Morgan fingerprint density at radius 1 is 0.328 bits per heavy atom. The molecule has 0 amide bonds. The second kappa shape index (κ2) is 15.0. The van der Waals surface area contributed by atoms with Gasteiger partial charge in [-0.2, -0.15) is 20.4 Å². The van der Waals surface area contributed by atoms with Gasteiger partial charge in [0.2, 0.25) is 0 Å². The molecule has 4 N–H and O–H groups in total. The summed E-state index contributed by atoms with van der Waals surface area (Å²) in [6.07, 6.45) is 12.1. The van der Waals surface area contributed by atoms with Gasteiger partial charge in [0.1, 0.15) is 0 Å². The number of aromatic nitrogens is 8. The zero-order chi connectivity index (χ0) is 40.5. The minimum atomic E-state index is -1.05. The molecule has 0 aliphatic rings. The normalized spacial score (nSPS) is 11.3. The van der Waals surface area contributed by atoms with Gasteiger partial charge in [0.05, 0.1) is 47.0 Å². The van der Waals surface area contributed by atoms with Crippen LogP contribution >= 0.6 is 0 Å². The average molecular weight is 775 g/mol. The number of rotatable bonds is 13. The number of benzene rings is 4. The largest absolute Gasteiger partial charge is 0.478 e. The van der Waals surface area contributed by atoms with Gasteiger partial charge >= 0.3 is 23.9 Å². The summed E-state index contributed by atoms with van der Waals surface area (Å²) in [7, 11) is 0. The van der Waals surface area contributed by atoms with Crippen LogP contribution in [-0.4, -0.2) is 83.4 Å². The molecule has 0 fully saturated rings. The highest BCUT2D eigenvalue weighted by molar-refractivity contribution is 5.90. The minimum Gasteiger partial charge on any atom is -0.478 e. The number of carboxylic acids is 4. The van der Waals surface area contributed by atoms with Crippen molar-refractivity contribution in [3.63, 3.8) is 0 Å². The maximum absolute atomic E-state index is 11.5. The first-order valence-corrected chi connectivity index (χ1v) is 17.5. The Morgan fingerprint density at radius 2 is 0.517 bits per heavy atom. The number of hydrogen-bond donors (Lipinski definition) is 4. The molecule has 0 saturated carbocycles. The Kier molecular flexibility index (Phi) is 9.48. The van der Waals surface area contributed by atoms with Crippen molar-refractivity contribution < 1.29 is 39.6 Å². The van der Waals surface area contributed by atoms with Crippen LogP contribution in [0.1, 0.15) is 53.8 Å². The highest BCUT2D eigenvalue weighted by atomic mass is 16.4. The SMILES string of the molecule is O=C(O)c1ccc(-c2cnn(C(C(n3cc(-c4ccc(C(=O)O)cc4)cn3)n3cc(-c4ccc(C(=O)O)cc4)cn3)n3cc(-c4ccc(C(=O)O)cc4)cn3)c2)cc1. The molecule has 8 aromatic rings. The summed E-state index contributed by atoms with van der Waals surface area (Å²) in [5.41, 5.74) is 6.09. The number of carbonyl (C=O) groups is 4. The fraction of sp³-hybridized carbons (Fsp3) is 0.0476. The average Bonchev–Trinajstić information content (AvgIpc) is 4.08. The van der Waals surface area contributed by atoms with Gasteiger partial charge in [-0.05, 0) is 70.8 Å². The second-order valence-electron chi connectivity index (χ2n) is 13.2. The molecule has 4 aromatic carbocycles. The van der Waals surface area contributed by atoms with Gasteiger partial charge in [0.15, 0.2) is 12.3 Å².